The molecule has 2 saturated heterocycles. The maximum absolute atomic E-state index is 11.1. The summed E-state index contributed by atoms with van der Waals surface area (Å²) in [6, 6.07) is 0. The smallest absolute Gasteiger partial charge is 0.330 e. The van der Waals surface area contributed by atoms with Crippen LogP contribution in [0.25, 0.3) is 0 Å². The second-order valence-corrected chi connectivity index (χ2v) is 7.32. The van der Waals surface area contributed by atoms with Crippen molar-refractivity contribution in [3.05, 3.63) is 37.6 Å². The number of carboxylic acids is 1. The summed E-state index contributed by atoms with van der Waals surface area (Å²) in [5, 5.41) is 11.3. The van der Waals surface area contributed by atoms with Crippen molar-refractivity contribution in [1.82, 2.24) is 15.1 Å². The predicted molar refractivity (Wildman–Crippen MR) is 116 cm³/mol. The average molecular weight is 408 g/mol. The van der Waals surface area contributed by atoms with E-state index in [1.807, 2.05) is 19.0 Å². The van der Waals surface area contributed by atoms with Gasteiger partial charge < -0.3 is 20.2 Å². The number of carboxylic acid groups (broad SMARTS) is 1. The maximum Gasteiger partial charge on any atom is 0.330 e. The highest BCUT2D eigenvalue weighted by atomic mass is 16.4. The summed E-state index contributed by atoms with van der Waals surface area (Å²) < 4.78 is 0. The first-order valence-electron chi connectivity index (χ1n) is 10.1. The zero-order valence-electron chi connectivity index (χ0n) is 18.0. The second kappa shape index (κ2) is 15.5. The van der Waals surface area contributed by atoms with Gasteiger partial charge in [0.15, 0.2) is 0 Å². The molecule has 7 nitrogen and oxygen atoms in total. The van der Waals surface area contributed by atoms with Crippen LogP contribution >= 0.6 is 0 Å². The van der Waals surface area contributed by atoms with Gasteiger partial charge in [-0.25, -0.2) is 4.79 Å². The Morgan fingerprint density at radius 3 is 2.41 bits per heavy atom. The summed E-state index contributed by atoms with van der Waals surface area (Å²) in [5.41, 5.74) is 0.298. The van der Waals surface area contributed by atoms with Gasteiger partial charge in [0.2, 0.25) is 11.8 Å². The number of nitrogens with zero attached hydrogens (tertiary/aromatic N) is 2. The van der Waals surface area contributed by atoms with Crippen LogP contribution in [-0.2, 0) is 14.4 Å². The van der Waals surface area contributed by atoms with E-state index < -0.39 is 5.97 Å². The first kappa shape index (κ1) is 26.6. The Bertz CT molecular complexity index is 572. The number of carbonyl (C=O) groups is 3. The number of aliphatic carboxylic acids is 1. The Morgan fingerprint density at radius 1 is 1.28 bits per heavy atom. The topological polar surface area (TPSA) is 90.0 Å². The van der Waals surface area contributed by atoms with Crippen molar-refractivity contribution in [2.45, 2.75) is 44.9 Å². The van der Waals surface area contributed by atoms with Crippen LogP contribution in [0.15, 0.2) is 37.6 Å². The Morgan fingerprint density at radius 2 is 1.97 bits per heavy atom. The summed E-state index contributed by atoms with van der Waals surface area (Å²) in [5.74, 6) is -0.473. The molecular formula is C22H37N3O4. The minimum Gasteiger partial charge on any atom is -0.478 e. The molecule has 2 N–H and O–H groups in total. The van der Waals surface area contributed by atoms with Gasteiger partial charge >= 0.3 is 5.97 Å². The molecule has 1 unspecified atom stereocenters. The standard InChI is InChI=1S/C8H15NO2.C8H13NO.C6H9NO/c1-7(8(10)11)5-4-6-9(2)3;1-2-7-5-3-4-6-9-8(7)10;1-2-7-5-3-4-6(7)8/h1,4-6H2,2-3H3,(H,10,11);2,7H,1,3-6H2,(H,9,10);2H,1,3-5H2. The Hall–Kier alpha value is -2.41. The number of hydrogen-bond donors (Lipinski definition) is 2. The van der Waals surface area contributed by atoms with Crippen molar-refractivity contribution in [3.8, 4) is 0 Å². The van der Waals surface area contributed by atoms with E-state index in [2.05, 4.69) is 25.1 Å². The minimum absolute atomic E-state index is 0.0579. The summed E-state index contributed by atoms with van der Waals surface area (Å²) in [6.45, 7) is 13.2. The number of amides is 2. The highest BCUT2D eigenvalue weighted by Crippen LogP contribution is 2.12. The molecule has 1 atom stereocenters. The van der Waals surface area contributed by atoms with E-state index in [0.717, 1.165) is 51.7 Å². The fourth-order valence-corrected chi connectivity index (χ4v) is 2.77. The zero-order valence-corrected chi connectivity index (χ0v) is 18.0. The molecule has 2 rings (SSSR count). The Balaban J connectivity index is 0.000000410. The third-order valence-corrected chi connectivity index (χ3v) is 4.58. The SMILES string of the molecule is C=C(CCCN(C)C)C(=O)O.C=CC1CCCCNC1=O.C=CN1CCCC1=O. The lowest BCUT2D eigenvalue weighted by Gasteiger charge is -2.08. The Labute approximate surface area is 175 Å². The number of carbonyl (C=O) groups excluding carboxylic acids is 2. The molecule has 2 fully saturated rings. The predicted octanol–water partition coefficient (Wildman–Crippen LogP) is 2.81. The highest BCUT2D eigenvalue weighted by molar-refractivity contribution is 5.85. The van der Waals surface area contributed by atoms with E-state index in [9.17, 15) is 14.4 Å². The number of rotatable bonds is 7. The van der Waals surface area contributed by atoms with Crippen LogP contribution < -0.4 is 5.32 Å². The van der Waals surface area contributed by atoms with Crippen LogP contribution in [0.5, 0.6) is 0 Å². The Kier molecular flexibility index (Phi) is 14.2. The second-order valence-electron chi connectivity index (χ2n) is 7.32. The van der Waals surface area contributed by atoms with Gasteiger partial charge in [-0.05, 0) is 58.9 Å². The molecular weight excluding hydrogens is 370 g/mol. The highest BCUT2D eigenvalue weighted by Gasteiger charge is 2.16. The largest absolute Gasteiger partial charge is 0.478 e. The molecule has 0 aromatic heterocycles. The van der Waals surface area contributed by atoms with E-state index in [0.29, 0.717) is 18.4 Å². The van der Waals surface area contributed by atoms with E-state index >= 15 is 0 Å². The van der Waals surface area contributed by atoms with E-state index in [1.165, 1.54) is 0 Å². The van der Waals surface area contributed by atoms with E-state index in [1.54, 1.807) is 17.2 Å². The van der Waals surface area contributed by atoms with Crippen LogP contribution in [0.4, 0.5) is 0 Å². The quantitative estimate of drug-likeness (QED) is 0.500. The summed E-state index contributed by atoms with van der Waals surface area (Å²) in [6.07, 6.45) is 9.67. The van der Waals surface area contributed by atoms with Crippen molar-refractivity contribution >= 4 is 17.8 Å². The molecule has 0 aromatic rings. The molecule has 29 heavy (non-hydrogen) atoms. The van der Waals surface area contributed by atoms with E-state index in [4.69, 9.17) is 5.11 Å². The van der Waals surface area contributed by atoms with Gasteiger partial charge in [0.1, 0.15) is 0 Å². The number of likely N-dealkylation sites (tertiary alicyclic amines) is 1. The molecule has 0 bridgehead atoms. The summed E-state index contributed by atoms with van der Waals surface area (Å²) in [4.78, 5) is 35.7. The lowest BCUT2D eigenvalue weighted by Crippen LogP contribution is -2.27. The molecule has 0 saturated carbocycles. The van der Waals surface area contributed by atoms with Crippen molar-refractivity contribution in [3.63, 3.8) is 0 Å². The van der Waals surface area contributed by atoms with Crippen LogP contribution in [0.1, 0.15) is 44.9 Å². The molecule has 2 aliphatic heterocycles. The summed E-state index contributed by atoms with van der Waals surface area (Å²) in [7, 11) is 3.92. The first-order chi connectivity index (χ1) is 13.7. The van der Waals surface area contributed by atoms with Gasteiger partial charge in [0, 0.05) is 25.1 Å². The molecule has 0 aliphatic carbocycles. The van der Waals surface area contributed by atoms with Gasteiger partial charge in [0.25, 0.3) is 0 Å². The maximum atomic E-state index is 11.1. The van der Waals surface area contributed by atoms with Crippen LogP contribution in [0.3, 0.4) is 0 Å². The average Bonchev–Trinajstić information content (AvgIpc) is 2.98. The third-order valence-electron chi connectivity index (χ3n) is 4.58. The molecule has 0 aromatic carbocycles. The molecule has 0 spiro atoms. The van der Waals surface area contributed by atoms with Gasteiger partial charge in [-0.15, -0.1) is 6.58 Å². The van der Waals surface area contributed by atoms with Crippen molar-refractivity contribution in [1.29, 1.82) is 0 Å². The van der Waals surface area contributed by atoms with Gasteiger partial charge in [0.05, 0.1) is 5.92 Å². The minimum atomic E-state index is -0.885. The zero-order chi connectivity index (χ0) is 22.2. The van der Waals surface area contributed by atoms with Gasteiger partial charge in [-0.1, -0.05) is 25.7 Å². The lowest BCUT2D eigenvalue weighted by atomic mass is 10.0. The molecule has 2 aliphatic rings. The fourth-order valence-electron chi connectivity index (χ4n) is 2.77. The van der Waals surface area contributed by atoms with E-state index in [-0.39, 0.29) is 17.7 Å². The molecule has 164 valence electrons. The van der Waals surface area contributed by atoms with Crippen LogP contribution in [-0.4, -0.2) is 66.4 Å². The fraction of sp³-hybridized carbons (Fsp3) is 0.591. The van der Waals surface area contributed by atoms with Gasteiger partial charge in [-0.2, -0.15) is 0 Å². The monoisotopic (exact) mass is 407 g/mol. The lowest BCUT2D eigenvalue weighted by molar-refractivity contribution is -0.132. The number of nitrogens with one attached hydrogen (secondary N) is 1. The van der Waals surface area contributed by atoms with Crippen molar-refractivity contribution < 1.29 is 19.5 Å². The molecule has 2 heterocycles. The van der Waals surface area contributed by atoms with Crippen LogP contribution in [0.2, 0.25) is 0 Å². The molecule has 2 amide bonds. The van der Waals surface area contributed by atoms with Crippen molar-refractivity contribution in [2.75, 3.05) is 33.7 Å². The van der Waals surface area contributed by atoms with Crippen LogP contribution in [0, 0.1) is 5.92 Å². The normalized spacial score (nSPS) is 18.4. The first-order valence-corrected chi connectivity index (χ1v) is 10.1. The third kappa shape index (κ3) is 12.6. The van der Waals surface area contributed by atoms with Crippen molar-refractivity contribution in [2.24, 2.45) is 5.92 Å². The molecule has 7 heteroatoms. The van der Waals surface area contributed by atoms with Gasteiger partial charge in [-0.3, -0.25) is 9.59 Å². The number of hydrogen-bond acceptors (Lipinski definition) is 4. The summed E-state index contributed by atoms with van der Waals surface area (Å²) >= 11 is 0. The molecule has 0 radical (unpaired) electrons.